The van der Waals surface area contributed by atoms with E-state index < -0.39 is 11.6 Å². The third-order valence-electron chi connectivity index (χ3n) is 3.63. The number of halogens is 2. The molecule has 0 spiro atoms. The minimum Gasteiger partial charge on any atom is -0.364 e. The largest absolute Gasteiger partial charge is 0.364 e. The van der Waals surface area contributed by atoms with E-state index in [2.05, 4.69) is 5.32 Å². The van der Waals surface area contributed by atoms with Crippen molar-refractivity contribution in [3.8, 4) is 0 Å². The lowest BCUT2D eigenvalue weighted by Crippen LogP contribution is -2.46. The van der Waals surface area contributed by atoms with E-state index in [1.54, 1.807) is 4.90 Å². The molecule has 2 nitrogen and oxygen atoms in total. The molecule has 1 N–H and O–H groups in total. The summed E-state index contributed by atoms with van der Waals surface area (Å²) in [4.78, 5) is 1.78. The lowest BCUT2D eigenvalue weighted by molar-refractivity contribution is 0.459. The molecular weight excluding hydrogens is 258 g/mol. The SMILES string of the molecule is Fc1cccc(F)c1N1CCNC(c2ccccc2)C1. The Balaban J connectivity index is 1.85. The zero-order chi connectivity index (χ0) is 13.9. The molecule has 2 aromatic rings. The smallest absolute Gasteiger partial charge is 0.149 e. The fourth-order valence-electron chi connectivity index (χ4n) is 2.65. The zero-order valence-electron chi connectivity index (χ0n) is 11.0. The molecule has 0 saturated carbocycles. The van der Waals surface area contributed by atoms with Crippen LogP contribution in [-0.2, 0) is 0 Å². The molecule has 1 atom stereocenters. The number of hydrogen-bond acceptors (Lipinski definition) is 2. The molecule has 0 bridgehead atoms. The van der Waals surface area contributed by atoms with E-state index in [-0.39, 0.29) is 11.7 Å². The number of benzene rings is 2. The molecule has 1 heterocycles. The van der Waals surface area contributed by atoms with Crippen LogP contribution in [0.15, 0.2) is 48.5 Å². The number of rotatable bonds is 2. The third kappa shape index (κ3) is 2.51. The molecule has 3 rings (SSSR count). The maximum absolute atomic E-state index is 13.9. The van der Waals surface area contributed by atoms with Gasteiger partial charge in [0.1, 0.15) is 17.3 Å². The topological polar surface area (TPSA) is 15.3 Å². The predicted molar refractivity (Wildman–Crippen MR) is 75.8 cm³/mol. The third-order valence-corrected chi connectivity index (χ3v) is 3.63. The molecule has 2 aromatic carbocycles. The van der Waals surface area contributed by atoms with E-state index in [0.29, 0.717) is 19.6 Å². The van der Waals surface area contributed by atoms with Crippen LogP contribution in [-0.4, -0.2) is 19.6 Å². The van der Waals surface area contributed by atoms with Crippen LogP contribution in [0.25, 0.3) is 0 Å². The monoisotopic (exact) mass is 274 g/mol. The van der Waals surface area contributed by atoms with Crippen LogP contribution < -0.4 is 10.2 Å². The van der Waals surface area contributed by atoms with Crippen molar-refractivity contribution < 1.29 is 8.78 Å². The van der Waals surface area contributed by atoms with Gasteiger partial charge in [-0.2, -0.15) is 0 Å². The molecule has 0 aromatic heterocycles. The predicted octanol–water partition coefficient (Wildman–Crippen LogP) is 3.12. The van der Waals surface area contributed by atoms with Crippen LogP contribution in [0.1, 0.15) is 11.6 Å². The summed E-state index contributed by atoms with van der Waals surface area (Å²) in [5.41, 5.74) is 1.21. The van der Waals surface area contributed by atoms with E-state index in [1.165, 1.54) is 18.2 Å². The molecule has 104 valence electrons. The molecule has 1 unspecified atom stereocenters. The lowest BCUT2D eigenvalue weighted by Gasteiger charge is -2.35. The first-order chi connectivity index (χ1) is 9.75. The molecule has 0 radical (unpaired) electrons. The van der Waals surface area contributed by atoms with Crippen molar-refractivity contribution in [3.63, 3.8) is 0 Å². The standard InChI is InChI=1S/C16H16F2N2/c17-13-7-4-8-14(18)16(13)20-10-9-19-15(11-20)12-5-2-1-3-6-12/h1-8,15,19H,9-11H2. The highest BCUT2D eigenvalue weighted by molar-refractivity contribution is 5.50. The molecule has 20 heavy (non-hydrogen) atoms. The number of nitrogens with zero attached hydrogens (tertiary/aromatic N) is 1. The summed E-state index contributed by atoms with van der Waals surface area (Å²) < 4.78 is 27.7. The highest BCUT2D eigenvalue weighted by Crippen LogP contribution is 2.27. The van der Waals surface area contributed by atoms with E-state index in [4.69, 9.17) is 0 Å². The molecule has 1 aliphatic heterocycles. The van der Waals surface area contributed by atoms with Crippen LogP contribution >= 0.6 is 0 Å². The first-order valence-electron chi connectivity index (χ1n) is 6.73. The minimum absolute atomic E-state index is 0.0786. The average molecular weight is 274 g/mol. The van der Waals surface area contributed by atoms with Crippen molar-refractivity contribution in [1.82, 2.24) is 5.32 Å². The summed E-state index contributed by atoms with van der Waals surface area (Å²) in [7, 11) is 0. The zero-order valence-corrected chi connectivity index (χ0v) is 11.0. The fourth-order valence-corrected chi connectivity index (χ4v) is 2.65. The van der Waals surface area contributed by atoms with Gasteiger partial charge in [0.2, 0.25) is 0 Å². The quantitative estimate of drug-likeness (QED) is 0.905. The minimum atomic E-state index is -0.501. The second-order valence-electron chi connectivity index (χ2n) is 4.93. The number of anilines is 1. The van der Waals surface area contributed by atoms with Crippen LogP contribution in [0.2, 0.25) is 0 Å². The van der Waals surface area contributed by atoms with Gasteiger partial charge in [0.25, 0.3) is 0 Å². The first-order valence-corrected chi connectivity index (χ1v) is 6.73. The molecule has 0 aliphatic carbocycles. The van der Waals surface area contributed by atoms with Crippen molar-refractivity contribution in [1.29, 1.82) is 0 Å². The van der Waals surface area contributed by atoms with E-state index in [9.17, 15) is 8.78 Å². The lowest BCUT2D eigenvalue weighted by atomic mass is 10.0. The van der Waals surface area contributed by atoms with Gasteiger partial charge in [-0.25, -0.2) is 8.78 Å². The van der Waals surface area contributed by atoms with Gasteiger partial charge in [0.05, 0.1) is 0 Å². The number of hydrogen-bond donors (Lipinski definition) is 1. The van der Waals surface area contributed by atoms with E-state index in [1.807, 2.05) is 30.3 Å². The number of para-hydroxylation sites is 1. The Bertz CT molecular complexity index is 566. The Hall–Kier alpha value is -1.94. The summed E-state index contributed by atoms with van der Waals surface area (Å²) in [6.45, 7) is 1.86. The molecule has 0 amide bonds. The van der Waals surface area contributed by atoms with Gasteiger partial charge < -0.3 is 10.2 Å². The van der Waals surface area contributed by atoms with Crippen molar-refractivity contribution in [2.75, 3.05) is 24.5 Å². The van der Waals surface area contributed by atoms with Crippen molar-refractivity contribution >= 4 is 5.69 Å². The van der Waals surface area contributed by atoms with Crippen molar-refractivity contribution in [2.24, 2.45) is 0 Å². The van der Waals surface area contributed by atoms with Crippen LogP contribution in [0.3, 0.4) is 0 Å². The number of nitrogens with one attached hydrogen (secondary N) is 1. The second-order valence-corrected chi connectivity index (χ2v) is 4.93. The van der Waals surface area contributed by atoms with E-state index >= 15 is 0 Å². The van der Waals surface area contributed by atoms with E-state index in [0.717, 1.165) is 5.56 Å². The Labute approximate surface area is 117 Å². The van der Waals surface area contributed by atoms with Crippen LogP contribution in [0.5, 0.6) is 0 Å². The Morgan fingerprint density at radius 1 is 0.950 bits per heavy atom. The highest BCUT2D eigenvalue weighted by Gasteiger charge is 2.24. The van der Waals surface area contributed by atoms with Gasteiger partial charge in [0.15, 0.2) is 0 Å². The number of piperazine rings is 1. The highest BCUT2D eigenvalue weighted by atomic mass is 19.1. The molecule has 1 aliphatic rings. The Kier molecular flexibility index (Phi) is 3.65. The Morgan fingerprint density at radius 3 is 2.35 bits per heavy atom. The second kappa shape index (κ2) is 5.59. The normalized spacial score (nSPS) is 19.1. The molecule has 1 saturated heterocycles. The summed E-state index contributed by atoms with van der Waals surface area (Å²) >= 11 is 0. The van der Waals surface area contributed by atoms with Gasteiger partial charge >= 0.3 is 0 Å². The first kappa shape index (κ1) is 13.1. The van der Waals surface area contributed by atoms with Gasteiger partial charge in [-0.1, -0.05) is 36.4 Å². The van der Waals surface area contributed by atoms with Gasteiger partial charge in [0, 0.05) is 25.7 Å². The molecule has 1 fully saturated rings. The van der Waals surface area contributed by atoms with Crippen molar-refractivity contribution in [2.45, 2.75) is 6.04 Å². The summed E-state index contributed by atoms with van der Waals surface area (Å²) in [6, 6.07) is 14.0. The van der Waals surface area contributed by atoms with Crippen LogP contribution in [0.4, 0.5) is 14.5 Å². The van der Waals surface area contributed by atoms with Gasteiger partial charge in [-0.3, -0.25) is 0 Å². The fraction of sp³-hybridized carbons (Fsp3) is 0.250. The maximum atomic E-state index is 13.9. The van der Waals surface area contributed by atoms with Crippen LogP contribution in [0, 0.1) is 11.6 Å². The Morgan fingerprint density at radius 2 is 1.65 bits per heavy atom. The maximum Gasteiger partial charge on any atom is 0.149 e. The molecule has 4 heteroatoms. The summed E-state index contributed by atoms with van der Waals surface area (Å²) in [6.07, 6.45) is 0. The summed E-state index contributed by atoms with van der Waals surface area (Å²) in [5.74, 6) is -1.00. The van der Waals surface area contributed by atoms with Gasteiger partial charge in [-0.05, 0) is 17.7 Å². The van der Waals surface area contributed by atoms with Crippen molar-refractivity contribution in [3.05, 3.63) is 65.7 Å². The molecular formula is C16H16F2N2. The average Bonchev–Trinajstić information content (AvgIpc) is 2.48. The summed E-state index contributed by atoms with van der Waals surface area (Å²) in [5, 5.41) is 3.39. The van der Waals surface area contributed by atoms with Gasteiger partial charge in [-0.15, -0.1) is 0 Å².